The van der Waals surface area contributed by atoms with Crippen molar-refractivity contribution < 1.29 is 38.8 Å². The van der Waals surface area contributed by atoms with Crippen LogP contribution in [0.3, 0.4) is 0 Å². The zero-order chi connectivity index (χ0) is 33.3. The molecule has 17 nitrogen and oxygen atoms in total. The summed E-state index contributed by atoms with van der Waals surface area (Å²) in [4.78, 5) is 65.0. The molecule has 20 heteroatoms. The number of carbonyl (C=O) groups is 4. The zero-order valence-corrected chi connectivity index (χ0v) is 27.0. The van der Waals surface area contributed by atoms with E-state index in [9.17, 15) is 24.3 Å². The van der Waals surface area contributed by atoms with Crippen LogP contribution in [-0.4, -0.2) is 97.4 Å². The number of fused-ring (bicyclic) bond motifs is 2. The number of hydrogen-bond acceptors (Lipinski definition) is 14. The van der Waals surface area contributed by atoms with E-state index < -0.39 is 47.0 Å². The van der Waals surface area contributed by atoms with E-state index in [0.29, 0.717) is 23.7 Å². The van der Waals surface area contributed by atoms with Crippen LogP contribution in [0, 0.1) is 0 Å². The molecule has 3 aromatic heterocycles. The Morgan fingerprint density at radius 3 is 2.76 bits per heavy atom. The molecular weight excluding hydrogens is 664 g/mol. The number of imidazole rings is 1. The smallest absolute Gasteiger partial charge is 0.351 e. The van der Waals surface area contributed by atoms with E-state index in [1.807, 2.05) is 30.8 Å². The standard InChI is InChI=1S/C26H29ClN10O7S2/c1-11(23(40)41)44-34-15(14-18(27)46-25(28)32-14)20(38)31-16-21(39)37-17(24(42)43)12(10-45-22(16)37)9-36-8-4-5-13-19(36)33-26(35(13)3)30-7-6-29-2/h4-5,8,11,16,22,29H,6-7,9-10H2,1-3H3,(H5,28,31,32,38,40,41,42,43)/b34-15-/t11-,16?,22?/m0/s1. The molecule has 46 heavy (non-hydrogen) atoms. The Morgan fingerprint density at radius 1 is 1.35 bits per heavy atom. The summed E-state index contributed by atoms with van der Waals surface area (Å²) >= 11 is 8.28. The minimum atomic E-state index is -1.54. The van der Waals surface area contributed by atoms with Gasteiger partial charge in [0, 0.05) is 31.5 Å². The van der Waals surface area contributed by atoms with Crippen molar-refractivity contribution in [1.82, 2.24) is 30.1 Å². The van der Waals surface area contributed by atoms with Crippen molar-refractivity contribution in [3.05, 3.63) is 39.6 Å². The molecule has 3 aromatic rings. The third kappa shape index (κ3) is 6.30. The van der Waals surface area contributed by atoms with Crippen molar-refractivity contribution in [1.29, 1.82) is 0 Å². The van der Waals surface area contributed by atoms with E-state index in [0.717, 1.165) is 28.3 Å². The molecule has 0 saturated carbocycles. The summed E-state index contributed by atoms with van der Waals surface area (Å²) in [5.41, 5.74) is 6.60. The van der Waals surface area contributed by atoms with Crippen LogP contribution in [0.2, 0.25) is 4.34 Å². The molecule has 2 aliphatic rings. The fraction of sp³-hybridized carbons (Fsp3) is 0.385. The molecular formula is C26H29ClN10O7S2. The van der Waals surface area contributed by atoms with Crippen LogP contribution < -0.4 is 31.4 Å². The van der Waals surface area contributed by atoms with Gasteiger partial charge < -0.3 is 41.5 Å². The first kappa shape index (κ1) is 32.9. The van der Waals surface area contributed by atoms with Crippen LogP contribution in [0.5, 0.6) is 0 Å². The van der Waals surface area contributed by atoms with Crippen molar-refractivity contribution in [2.75, 3.05) is 36.9 Å². The van der Waals surface area contributed by atoms with Crippen molar-refractivity contribution in [3.63, 3.8) is 0 Å². The van der Waals surface area contributed by atoms with Crippen molar-refractivity contribution in [2.45, 2.75) is 31.0 Å². The number of nitrogens with one attached hydrogen (secondary N) is 3. The molecule has 0 bridgehead atoms. The number of thiazole rings is 1. The van der Waals surface area contributed by atoms with E-state index in [4.69, 9.17) is 32.3 Å². The highest BCUT2D eigenvalue weighted by Crippen LogP contribution is 2.40. The number of nitrogens with two attached hydrogens (primary N) is 1. The van der Waals surface area contributed by atoms with Gasteiger partial charge in [0.05, 0.1) is 17.9 Å². The minimum absolute atomic E-state index is 0.0114. The number of nitrogen functional groups attached to an aromatic ring is 1. The van der Waals surface area contributed by atoms with E-state index in [1.54, 1.807) is 10.8 Å². The zero-order valence-electron chi connectivity index (χ0n) is 24.6. The number of aliphatic carboxylic acids is 2. The van der Waals surface area contributed by atoms with E-state index in [2.05, 4.69) is 26.1 Å². The number of oxime groups is 1. The number of halogens is 1. The van der Waals surface area contributed by atoms with Gasteiger partial charge in [0.25, 0.3) is 11.8 Å². The average Bonchev–Trinajstić information content (AvgIpc) is 3.52. The molecule has 6 N–H and O–H groups in total. The van der Waals surface area contributed by atoms with Gasteiger partial charge in [0.15, 0.2) is 10.8 Å². The topological polar surface area (TPSA) is 233 Å². The second-order valence-corrected chi connectivity index (χ2v) is 12.9. The number of amides is 2. The Bertz CT molecular complexity index is 1790. The number of nitrogens with zero attached hydrogens (tertiary/aromatic N) is 6. The molecule has 0 spiro atoms. The summed E-state index contributed by atoms with van der Waals surface area (Å²) in [6.45, 7) is 2.69. The molecule has 244 valence electrons. The third-order valence-corrected chi connectivity index (χ3v) is 9.57. The second-order valence-electron chi connectivity index (χ2n) is 10.2. The predicted octanol–water partition coefficient (Wildman–Crippen LogP) is -1.52. The summed E-state index contributed by atoms with van der Waals surface area (Å²) < 4.78 is 3.68. The Labute approximate surface area is 274 Å². The number of thioether (sulfide) groups is 1. The Morgan fingerprint density at radius 2 is 2.11 bits per heavy atom. The fourth-order valence-corrected chi connectivity index (χ4v) is 7.09. The quantitative estimate of drug-likeness (QED) is 0.0451. The maximum Gasteiger partial charge on any atom is 0.351 e. The molecule has 5 heterocycles. The first-order valence-corrected chi connectivity index (χ1v) is 16.0. The number of likely N-dealkylation sites (N-methyl/N-ethyl adjacent to an activating group) is 1. The number of β-lactam (4-membered cyclic amide) rings is 1. The van der Waals surface area contributed by atoms with Crippen LogP contribution in [0.25, 0.3) is 11.2 Å². The summed E-state index contributed by atoms with van der Waals surface area (Å²) in [5.74, 6) is -3.67. The van der Waals surface area contributed by atoms with Gasteiger partial charge in [-0.05, 0) is 31.1 Å². The molecule has 1 fully saturated rings. The van der Waals surface area contributed by atoms with Gasteiger partial charge >= 0.3 is 17.6 Å². The highest BCUT2D eigenvalue weighted by molar-refractivity contribution is 8.00. The molecule has 5 rings (SSSR count). The molecule has 3 atom stereocenters. The molecule has 0 radical (unpaired) electrons. The lowest BCUT2D eigenvalue weighted by Crippen LogP contribution is -2.71. The van der Waals surface area contributed by atoms with Gasteiger partial charge in [-0.3, -0.25) is 19.1 Å². The SMILES string of the molecule is CNCCNc1nc2c(ccc[n+]2CC2=C(C(=O)[O-])N3C(=O)C(NC(=O)/C(=N\O[C@@H](C)C(=O)O)c4nc(N)sc4Cl)C3SC2)n1C. The maximum absolute atomic E-state index is 13.3. The summed E-state index contributed by atoms with van der Waals surface area (Å²) in [5, 5.41) is 33.3. The monoisotopic (exact) mass is 692 g/mol. The molecule has 0 aliphatic carbocycles. The number of hydrogen-bond donors (Lipinski definition) is 5. The van der Waals surface area contributed by atoms with Crippen LogP contribution in [-0.2, 0) is 37.6 Å². The number of carboxylic acids is 2. The van der Waals surface area contributed by atoms with Gasteiger partial charge in [0.2, 0.25) is 6.10 Å². The lowest BCUT2D eigenvalue weighted by atomic mass is 10.0. The third-order valence-electron chi connectivity index (χ3n) is 7.15. The number of rotatable bonds is 13. The molecule has 2 unspecified atom stereocenters. The van der Waals surface area contributed by atoms with Crippen LogP contribution >= 0.6 is 34.7 Å². The normalized spacial score (nSPS) is 18.7. The first-order valence-electron chi connectivity index (χ1n) is 13.7. The molecule has 0 aromatic carbocycles. The first-order chi connectivity index (χ1) is 21.9. The summed E-state index contributed by atoms with van der Waals surface area (Å²) in [7, 11) is 3.72. The van der Waals surface area contributed by atoms with Gasteiger partial charge in [0.1, 0.15) is 33.5 Å². The molecule has 2 amide bonds. The number of pyridine rings is 1. The highest BCUT2D eigenvalue weighted by atomic mass is 35.5. The van der Waals surface area contributed by atoms with E-state index in [-0.39, 0.29) is 33.2 Å². The maximum atomic E-state index is 13.3. The van der Waals surface area contributed by atoms with Crippen molar-refractivity contribution in [3.8, 4) is 0 Å². The minimum Gasteiger partial charge on any atom is -0.543 e. The Kier molecular flexibility index (Phi) is 9.66. The Balaban J connectivity index is 1.38. The highest BCUT2D eigenvalue weighted by Gasteiger charge is 2.53. The molecule has 2 aliphatic heterocycles. The van der Waals surface area contributed by atoms with E-state index in [1.165, 1.54) is 18.7 Å². The van der Waals surface area contributed by atoms with Gasteiger partial charge in [-0.15, -0.1) is 11.8 Å². The Hall–Kier alpha value is -4.46. The summed E-state index contributed by atoms with van der Waals surface area (Å²) in [6, 6.07) is 2.57. The predicted molar refractivity (Wildman–Crippen MR) is 167 cm³/mol. The molecule has 1 saturated heterocycles. The number of carboxylic acid groups (broad SMARTS) is 2. The summed E-state index contributed by atoms with van der Waals surface area (Å²) in [6.07, 6.45) is 0.354. The van der Waals surface area contributed by atoms with Crippen LogP contribution in [0.4, 0.5) is 11.1 Å². The number of anilines is 2. The number of aryl methyl sites for hydroxylation is 1. The van der Waals surface area contributed by atoms with Crippen molar-refractivity contribution in [2.24, 2.45) is 12.2 Å². The number of aromatic nitrogens is 4. The van der Waals surface area contributed by atoms with Gasteiger partial charge in [-0.2, -0.15) is 0 Å². The average molecular weight is 693 g/mol. The van der Waals surface area contributed by atoms with Crippen molar-refractivity contribution >= 4 is 86.4 Å². The lowest BCUT2D eigenvalue weighted by Gasteiger charge is -2.50. The largest absolute Gasteiger partial charge is 0.543 e. The van der Waals surface area contributed by atoms with Gasteiger partial charge in [-0.1, -0.05) is 28.1 Å². The van der Waals surface area contributed by atoms with Crippen LogP contribution in [0.1, 0.15) is 12.6 Å². The van der Waals surface area contributed by atoms with E-state index >= 15 is 0 Å². The fourth-order valence-electron chi connectivity index (χ4n) is 4.83. The number of carbonyl (C=O) groups excluding carboxylic acids is 3. The van der Waals surface area contributed by atoms with Crippen LogP contribution in [0.15, 0.2) is 34.8 Å². The lowest BCUT2D eigenvalue weighted by molar-refractivity contribution is -0.664. The van der Waals surface area contributed by atoms with Gasteiger partial charge in [-0.25, -0.2) is 14.3 Å². The second kappa shape index (κ2) is 13.5.